The molecule has 0 heterocycles. The molecule has 0 aliphatic heterocycles. The van der Waals surface area contributed by atoms with Gasteiger partial charge in [0.25, 0.3) is 0 Å². The first-order chi connectivity index (χ1) is 6.11. The molecule has 0 aromatic carbocycles. The zero-order valence-corrected chi connectivity index (χ0v) is 9.14. The lowest BCUT2D eigenvalue weighted by Gasteiger charge is -2.13. The standard InChI is InChI=1S/C9H19NO2S/c1-3-7(2)6-13-8(4-5-10)9(11)12/h7-8H,3-6,10H2,1-2H3,(H,11,12). The minimum Gasteiger partial charge on any atom is -0.480 e. The van der Waals surface area contributed by atoms with Gasteiger partial charge >= 0.3 is 5.97 Å². The number of carboxylic acids is 1. The lowest BCUT2D eigenvalue weighted by molar-refractivity contribution is -0.136. The van der Waals surface area contributed by atoms with Gasteiger partial charge in [-0.15, -0.1) is 11.8 Å². The zero-order valence-electron chi connectivity index (χ0n) is 8.32. The fourth-order valence-electron chi connectivity index (χ4n) is 0.828. The number of nitrogens with two attached hydrogens (primary N) is 1. The van der Waals surface area contributed by atoms with Crippen LogP contribution in [0, 0.1) is 5.92 Å². The fraction of sp³-hybridized carbons (Fsp3) is 0.889. The number of hydrogen-bond donors (Lipinski definition) is 2. The topological polar surface area (TPSA) is 63.3 Å². The number of carbonyl (C=O) groups is 1. The van der Waals surface area contributed by atoms with Crippen molar-refractivity contribution in [2.75, 3.05) is 12.3 Å². The number of thioether (sulfide) groups is 1. The van der Waals surface area contributed by atoms with E-state index in [1.54, 1.807) is 0 Å². The maximum Gasteiger partial charge on any atom is 0.316 e. The molecule has 78 valence electrons. The predicted octanol–water partition coefficient (Wildman–Crippen LogP) is 1.57. The second kappa shape index (κ2) is 7.21. The maximum atomic E-state index is 10.7. The van der Waals surface area contributed by atoms with Gasteiger partial charge in [0.05, 0.1) is 0 Å². The summed E-state index contributed by atoms with van der Waals surface area (Å²) in [6.45, 7) is 4.70. The molecule has 0 spiro atoms. The molecule has 0 saturated carbocycles. The summed E-state index contributed by atoms with van der Waals surface area (Å²) in [6, 6.07) is 0. The summed E-state index contributed by atoms with van der Waals surface area (Å²) in [5.74, 6) is 0.761. The Kier molecular flexibility index (Phi) is 7.09. The third-order valence-corrected chi connectivity index (χ3v) is 3.58. The van der Waals surface area contributed by atoms with Crippen LogP contribution >= 0.6 is 11.8 Å². The van der Waals surface area contributed by atoms with Crippen molar-refractivity contribution in [3.8, 4) is 0 Å². The van der Waals surface area contributed by atoms with Crippen LogP contribution in [0.15, 0.2) is 0 Å². The Morgan fingerprint density at radius 1 is 1.62 bits per heavy atom. The Morgan fingerprint density at radius 2 is 2.23 bits per heavy atom. The van der Waals surface area contributed by atoms with Crippen LogP contribution < -0.4 is 5.73 Å². The van der Waals surface area contributed by atoms with Gasteiger partial charge in [-0.25, -0.2) is 0 Å². The number of rotatable bonds is 7. The molecule has 3 nitrogen and oxygen atoms in total. The Morgan fingerprint density at radius 3 is 2.62 bits per heavy atom. The Hall–Kier alpha value is -0.220. The summed E-state index contributed by atoms with van der Waals surface area (Å²) in [7, 11) is 0. The molecular weight excluding hydrogens is 186 g/mol. The second-order valence-corrected chi connectivity index (χ2v) is 4.49. The Labute approximate surface area is 84.1 Å². The summed E-state index contributed by atoms with van der Waals surface area (Å²) in [5, 5.41) is 8.49. The van der Waals surface area contributed by atoms with E-state index >= 15 is 0 Å². The highest BCUT2D eigenvalue weighted by Gasteiger charge is 2.17. The van der Waals surface area contributed by atoms with Crippen LogP contribution in [0.5, 0.6) is 0 Å². The molecule has 0 aromatic rings. The van der Waals surface area contributed by atoms with Crippen LogP contribution in [0.1, 0.15) is 26.7 Å². The van der Waals surface area contributed by atoms with Crippen LogP contribution in [0.4, 0.5) is 0 Å². The minimum atomic E-state index is -0.737. The zero-order chi connectivity index (χ0) is 10.3. The molecule has 0 aliphatic carbocycles. The third kappa shape index (κ3) is 5.93. The van der Waals surface area contributed by atoms with E-state index in [2.05, 4.69) is 13.8 Å². The van der Waals surface area contributed by atoms with Crippen molar-refractivity contribution in [2.24, 2.45) is 11.7 Å². The van der Waals surface area contributed by atoms with E-state index in [0.717, 1.165) is 12.2 Å². The third-order valence-electron chi connectivity index (χ3n) is 1.98. The van der Waals surface area contributed by atoms with Crippen molar-refractivity contribution in [1.29, 1.82) is 0 Å². The molecule has 4 heteroatoms. The average molecular weight is 205 g/mol. The first-order valence-electron chi connectivity index (χ1n) is 4.66. The van der Waals surface area contributed by atoms with Crippen molar-refractivity contribution in [2.45, 2.75) is 31.9 Å². The van der Waals surface area contributed by atoms with Gasteiger partial charge in [0.1, 0.15) is 5.25 Å². The molecule has 2 atom stereocenters. The van der Waals surface area contributed by atoms with Crippen LogP contribution in [0.2, 0.25) is 0 Å². The molecule has 0 radical (unpaired) electrons. The number of aliphatic carboxylic acids is 1. The molecule has 0 rings (SSSR count). The van der Waals surface area contributed by atoms with Gasteiger partial charge in [-0.1, -0.05) is 20.3 Å². The van der Waals surface area contributed by atoms with Gasteiger partial charge in [0.2, 0.25) is 0 Å². The molecule has 3 N–H and O–H groups in total. The molecule has 2 unspecified atom stereocenters. The number of hydrogen-bond acceptors (Lipinski definition) is 3. The van der Waals surface area contributed by atoms with Gasteiger partial charge in [-0.2, -0.15) is 0 Å². The maximum absolute atomic E-state index is 10.7. The SMILES string of the molecule is CCC(C)CSC(CCN)C(=O)O. The first kappa shape index (κ1) is 12.8. The summed E-state index contributed by atoms with van der Waals surface area (Å²) >= 11 is 1.51. The minimum absolute atomic E-state index is 0.320. The highest BCUT2D eigenvalue weighted by molar-refractivity contribution is 8.00. The largest absolute Gasteiger partial charge is 0.480 e. The molecule has 0 fully saturated rings. The molecular formula is C9H19NO2S. The van der Waals surface area contributed by atoms with Gasteiger partial charge in [-0.05, 0) is 24.6 Å². The smallest absolute Gasteiger partial charge is 0.316 e. The monoisotopic (exact) mass is 205 g/mol. The van der Waals surface area contributed by atoms with E-state index in [4.69, 9.17) is 10.8 Å². The number of carboxylic acid groups (broad SMARTS) is 1. The molecule has 0 bridgehead atoms. The van der Waals surface area contributed by atoms with Crippen LogP contribution in [0.25, 0.3) is 0 Å². The molecule has 13 heavy (non-hydrogen) atoms. The summed E-state index contributed by atoms with van der Waals surface area (Å²) in [6.07, 6.45) is 1.67. The molecule has 0 saturated heterocycles. The van der Waals surface area contributed by atoms with Gasteiger partial charge in [0, 0.05) is 0 Å². The average Bonchev–Trinajstić information content (AvgIpc) is 2.11. The Bertz CT molecular complexity index is 153. The lowest BCUT2D eigenvalue weighted by atomic mass is 10.2. The molecule has 0 aromatic heterocycles. The normalized spacial score (nSPS) is 15.3. The van der Waals surface area contributed by atoms with Crippen LogP contribution in [0.3, 0.4) is 0 Å². The van der Waals surface area contributed by atoms with E-state index in [-0.39, 0.29) is 5.25 Å². The molecule has 0 amide bonds. The van der Waals surface area contributed by atoms with Gasteiger partial charge in [-0.3, -0.25) is 4.79 Å². The quantitative estimate of drug-likeness (QED) is 0.662. The van der Waals surface area contributed by atoms with E-state index in [0.29, 0.717) is 18.9 Å². The van der Waals surface area contributed by atoms with E-state index in [1.165, 1.54) is 11.8 Å². The van der Waals surface area contributed by atoms with Gasteiger partial charge < -0.3 is 10.8 Å². The molecule has 0 aliphatic rings. The fourth-order valence-corrected chi connectivity index (χ4v) is 2.07. The van der Waals surface area contributed by atoms with Crippen molar-refractivity contribution >= 4 is 17.7 Å². The first-order valence-corrected chi connectivity index (χ1v) is 5.71. The van der Waals surface area contributed by atoms with Crippen molar-refractivity contribution < 1.29 is 9.90 Å². The summed E-state index contributed by atoms with van der Waals surface area (Å²) in [5.41, 5.74) is 5.33. The predicted molar refractivity (Wildman–Crippen MR) is 57.0 cm³/mol. The van der Waals surface area contributed by atoms with Gasteiger partial charge in [0.15, 0.2) is 0 Å². The lowest BCUT2D eigenvalue weighted by Crippen LogP contribution is -2.21. The highest BCUT2D eigenvalue weighted by Crippen LogP contribution is 2.19. The summed E-state index contributed by atoms with van der Waals surface area (Å²) < 4.78 is 0. The van der Waals surface area contributed by atoms with Crippen molar-refractivity contribution in [1.82, 2.24) is 0 Å². The Balaban J connectivity index is 3.75. The van der Waals surface area contributed by atoms with Crippen molar-refractivity contribution in [3.63, 3.8) is 0 Å². The highest BCUT2D eigenvalue weighted by atomic mass is 32.2. The van der Waals surface area contributed by atoms with E-state index < -0.39 is 5.97 Å². The second-order valence-electron chi connectivity index (χ2n) is 3.25. The summed E-state index contributed by atoms with van der Waals surface area (Å²) in [4.78, 5) is 10.7. The van der Waals surface area contributed by atoms with Crippen molar-refractivity contribution in [3.05, 3.63) is 0 Å². The van der Waals surface area contributed by atoms with Crippen LogP contribution in [-0.2, 0) is 4.79 Å². The van der Waals surface area contributed by atoms with E-state index in [1.807, 2.05) is 0 Å². The van der Waals surface area contributed by atoms with E-state index in [9.17, 15) is 4.79 Å². The van der Waals surface area contributed by atoms with Crippen LogP contribution in [-0.4, -0.2) is 28.6 Å².